The van der Waals surface area contributed by atoms with Crippen LogP contribution in [0.15, 0.2) is 18.2 Å². The molecular formula is C16H23NO4. The molecule has 1 aliphatic rings. The standard InChI is InChI=1S/C16H23NO4/c1-21-15-7-6-11(8-14(15)18)9-17-10-12-4-2-3-5-13(12)16(19)20/h6-8,12-13,17-18H,2-5,9-10H2,1H3,(H,19,20). The molecule has 2 unspecified atom stereocenters. The van der Waals surface area contributed by atoms with Gasteiger partial charge in [-0.05, 0) is 43.0 Å². The van der Waals surface area contributed by atoms with E-state index in [-0.39, 0.29) is 17.6 Å². The quantitative estimate of drug-likeness (QED) is 0.750. The highest BCUT2D eigenvalue weighted by Gasteiger charge is 2.30. The lowest BCUT2D eigenvalue weighted by Gasteiger charge is -2.28. The summed E-state index contributed by atoms with van der Waals surface area (Å²) in [4.78, 5) is 11.2. The number of hydrogen-bond donors (Lipinski definition) is 3. The Morgan fingerprint density at radius 1 is 1.38 bits per heavy atom. The lowest BCUT2D eigenvalue weighted by Crippen LogP contribution is -2.34. The highest BCUT2D eigenvalue weighted by Crippen LogP contribution is 2.30. The van der Waals surface area contributed by atoms with Gasteiger partial charge < -0.3 is 20.3 Å². The van der Waals surface area contributed by atoms with Crippen LogP contribution in [0, 0.1) is 11.8 Å². The van der Waals surface area contributed by atoms with Crippen LogP contribution in [-0.2, 0) is 11.3 Å². The first kappa shape index (κ1) is 15.6. The molecule has 0 aliphatic heterocycles. The minimum Gasteiger partial charge on any atom is -0.504 e. The first-order valence-electron chi connectivity index (χ1n) is 7.41. The second-order valence-electron chi connectivity index (χ2n) is 5.63. The zero-order chi connectivity index (χ0) is 15.2. The number of rotatable bonds is 6. The number of benzene rings is 1. The van der Waals surface area contributed by atoms with Gasteiger partial charge in [-0.25, -0.2) is 0 Å². The molecule has 116 valence electrons. The number of phenols is 1. The molecule has 1 saturated carbocycles. The van der Waals surface area contributed by atoms with Crippen molar-refractivity contribution in [2.45, 2.75) is 32.2 Å². The van der Waals surface area contributed by atoms with Crippen LogP contribution in [0.5, 0.6) is 11.5 Å². The molecule has 2 rings (SSSR count). The first-order chi connectivity index (χ1) is 10.1. The number of ether oxygens (including phenoxy) is 1. The molecule has 1 fully saturated rings. The van der Waals surface area contributed by atoms with Crippen LogP contribution in [0.3, 0.4) is 0 Å². The van der Waals surface area contributed by atoms with E-state index in [2.05, 4.69) is 5.32 Å². The largest absolute Gasteiger partial charge is 0.504 e. The maximum absolute atomic E-state index is 11.2. The van der Waals surface area contributed by atoms with Gasteiger partial charge in [0.15, 0.2) is 11.5 Å². The predicted molar refractivity (Wildman–Crippen MR) is 79.4 cm³/mol. The van der Waals surface area contributed by atoms with Crippen molar-refractivity contribution in [1.82, 2.24) is 5.32 Å². The van der Waals surface area contributed by atoms with Crippen LogP contribution in [0.25, 0.3) is 0 Å². The number of aliphatic carboxylic acids is 1. The number of nitrogens with one attached hydrogen (secondary N) is 1. The molecule has 1 aromatic rings. The minimum atomic E-state index is -0.677. The Kier molecular flexibility index (Phi) is 5.44. The van der Waals surface area contributed by atoms with Gasteiger partial charge in [-0.1, -0.05) is 18.9 Å². The van der Waals surface area contributed by atoms with Crippen molar-refractivity contribution in [2.24, 2.45) is 11.8 Å². The number of carboxylic acids is 1. The van der Waals surface area contributed by atoms with E-state index in [1.807, 2.05) is 6.07 Å². The lowest BCUT2D eigenvalue weighted by molar-refractivity contribution is -0.144. The third-order valence-electron chi connectivity index (χ3n) is 4.21. The van der Waals surface area contributed by atoms with Gasteiger partial charge in [-0.15, -0.1) is 0 Å². The van der Waals surface area contributed by atoms with Gasteiger partial charge >= 0.3 is 5.97 Å². The second-order valence-corrected chi connectivity index (χ2v) is 5.63. The molecule has 0 amide bonds. The molecule has 0 heterocycles. The van der Waals surface area contributed by atoms with Crippen LogP contribution < -0.4 is 10.1 Å². The lowest BCUT2D eigenvalue weighted by atomic mass is 9.79. The molecule has 3 N–H and O–H groups in total. The number of hydrogen-bond acceptors (Lipinski definition) is 4. The fourth-order valence-electron chi connectivity index (χ4n) is 3.02. The van der Waals surface area contributed by atoms with Gasteiger partial charge in [0, 0.05) is 6.54 Å². The van der Waals surface area contributed by atoms with Crippen molar-refractivity contribution >= 4 is 5.97 Å². The molecule has 0 aromatic heterocycles. The summed E-state index contributed by atoms with van der Waals surface area (Å²) in [6.45, 7) is 1.31. The molecule has 5 heteroatoms. The van der Waals surface area contributed by atoms with Gasteiger partial charge in [-0.3, -0.25) is 4.79 Å². The number of carbonyl (C=O) groups is 1. The van der Waals surface area contributed by atoms with Crippen LogP contribution in [0.4, 0.5) is 0 Å². The summed E-state index contributed by atoms with van der Waals surface area (Å²) in [6.07, 6.45) is 3.88. The summed E-state index contributed by atoms with van der Waals surface area (Å²) in [5, 5.41) is 22.3. The van der Waals surface area contributed by atoms with Gasteiger partial charge in [0.1, 0.15) is 0 Å². The Balaban J connectivity index is 1.85. The van der Waals surface area contributed by atoms with Gasteiger partial charge in [-0.2, -0.15) is 0 Å². The van der Waals surface area contributed by atoms with Gasteiger partial charge in [0.05, 0.1) is 13.0 Å². The van der Waals surface area contributed by atoms with Crippen LogP contribution >= 0.6 is 0 Å². The molecule has 0 saturated heterocycles. The summed E-state index contributed by atoms with van der Waals surface area (Å²) >= 11 is 0. The maximum Gasteiger partial charge on any atom is 0.306 e. The summed E-state index contributed by atoms with van der Waals surface area (Å²) < 4.78 is 5.00. The molecule has 1 aliphatic carbocycles. The van der Waals surface area contributed by atoms with Crippen molar-refractivity contribution in [3.05, 3.63) is 23.8 Å². The predicted octanol–water partition coefficient (Wildman–Crippen LogP) is 2.38. The summed E-state index contributed by atoms with van der Waals surface area (Å²) in [6, 6.07) is 5.29. The summed E-state index contributed by atoms with van der Waals surface area (Å²) in [7, 11) is 1.52. The van der Waals surface area contributed by atoms with E-state index >= 15 is 0 Å². The Morgan fingerprint density at radius 2 is 2.14 bits per heavy atom. The Morgan fingerprint density at radius 3 is 2.81 bits per heavy atom. The van der Waals surface area contributed by atoms with E-state index in [0.717, 1.165) is 31.2 Å². The number of carboxylic acid groups (broad SMARTS) is 1. The van der Waals surface area contributed by atoms with E-state index in [9.17, 15) is 15.0 Å². The minimum absolute atomic E-state index is 0.123. The maximum atomic E-state index is 11.2. The fraction of sp³-hybridized carbons (Fsp3) is 0.562. The van der Waals surface area contributed by atoms with E-state index in [1.165, 1.54) is 7.11 Å². The average molecular weight is 293 g/mol. The van der Waals surface area contributed by atoms with Crippen molar-refractivity contribution in [3.63, 3.8) is 0 Å². The third-order valence-corrected chi connectivity index (χ3v) is 4.21. The van der Waals surface area contributed by atoms with Crippen molar-refractivity contribution < 1.29 is 19.7 Å². The monoisotopic (exact) mass is 293 g/mol. The van der Waals surface area contributed by atoms with Crippen molar-refractivity contribution in [3.8, 4) is 11.5 Å². The van der Waals surface area contributed by atoms with E-state index in [1.54, 1.807) is 12.1 Å². The van der Waals surface area contributed by atoms with E-state index in [4.69, 9.17) is 4.74 Å². The van der Waals surface area contributed by atoms with Crippen LogP contribution in [0.1, 0.15) is 31.2 Å². The first-order valence-corrected chi connectivity index (χ1v) is 7.41. The average Bonchev–Trinajstić information content (AvgIpc) is 2.48. The zero-order valence-corrected chi connectivity index (χ0v) is 12.3. The SMILES string of the molecule is COc1ccc(CNCC2CCCCC2C(=O)O)cc1O. The van der Waals surface area contributed by atoms with Crippen LogP contribution in [-0.4, -0.2) is 29.8 Å². The van der Waals surface area contributed by atoms with Crippen LogP contribution in [0.2, 0.25) is 0 Å². The molecule has 5 nitrogen and oxygen atoms in total. The highest BCUT2D eigenvalue weighted by molar-refractivity contribution is 5.70. The highest BCUT2D eigenvalue weighted by atomic mass is 16.5. The Hall–Kier alpha value is -1.75. The number of methoxy groups -OCH3 is 1. The molecule has 1 aromatic carbocycles. The summed E-state index contributed by atoms with van der Waals surface area (Å²) in [5.74, 6) is -0.128. The van der Waals surface area contributed by atoms with Gasteiger partial charge in [0.25, 0.3) is 0 Å². The zero-order valence-electron chi connectivity index (χ0n) is 12.3. The van der Waals surface area contributed by atoms with E-state index < -0.39 is 5.97 Å². The Bertz CT molecular complexity index is 489. The molecule has 0 spiro atoms. The molecule has 2 atom stereocenters. The number of aromatic hydroxyl groups is 1. The number of phenolic OH excluding ortho intramolecular Hbond substituents is 1. The molecule has 21 heavy (non-hydrogen) atoms. The molecule has 0 radical (unpaired) electrons. The van der Waals surface area contributed by atoms with Gasteiger partial charge in [0.2, 0.25) is 0 Å². The fourth-order valence-corrected chi connectivity index (χ4v) is 3.02. The van der Waals surface area contributed by atoms with E-state index in [0.29, 0.717) is 18.8 Å². The Labute approximate surface area is 124 Å². The van der Waals surface area contributed by atoms with Crippen molar-refractivity contribution in [1.29, 1.82) is 0 Å². The van der Waals surface area contributed by atoms with Crippen molar-refractivity contribution in [2.75, 3.05) is 13.7 Å². The second kappa shape index (κ2) is 7.31. The normalized spacial score (nSPS) is 22.0. The molecule has 0 bridgehead atoms. The topological polar surface area (TPSA) is 78.8 Å². The summed E-state index contributed by atoms with van der Waals surface area (Å²) in [5.41, 5.74) is 0.955. The smallest absolute Gasteiger partial charge is 0.306 e. The molecular weight excluding hydrogens is 270 g/mol. The third kappa shape index (κ3) is 4.11.